The van der Waals surface area contributed by atoms with Crippen LogP contribution in [0.25, 0.3) is 0 Å². The number of ether oxygens (including phenoxy) is 3. The van der Waals surface area contributed by atoms with E-state index in [-0.39, 0.29) is 12.0 Å². The van der Waals surface area contributed by atoms with Crippen molar-refractivity contribution >= 4 is 21.9 Å². The summed E-state index contributed by atoms with van der Waals surface area (Å²) in [6.07, 6.45) is 1.24. The van der Waals surface area contributed by atoms with Crippen molar-refractivity contribution in [2.75, 3.05) is 34.4 Å². The van der Waals surface area contributed by atoms with Gasteiger partial charge in [0.25, 0.3) is 0 Å². The fourth-order valence-electron chi connectivity index (χ4n) is 3.93. The lowest BCUT2D eigenvalue weighted by Gasteiger charge is -2.37. The van der Waals surface area contributed by atoms with Gasteiger partial charge in [-0.3, -0.25) is 9.69 Å². The molecule has 0 spiro atoms. The maximum Gasteiger partial charge on any atom is 0.306 e. The maximum absolute atomic E-state index is 11.4. The fourth-order valence-corrected chi connectivity index (χ4v) is 4.35. The first-order valence-electron chi connectivity index (χ1n) is 9.50. The van der Waals surface area contributed by atoms with Crippen LogP contribution in [0.3, 0.4) is 0 Å². The van der Waals surface area contributed by atoms with Gasteiger partial charge in [-0.15, -0.1) is 0 Å². The molecule has 0 bridgehead atoms. The summed E-state index contributed by atoms with van der Waals surface area (Å²) in [6.45, 7) is 1.37. The molecule has 29 heavy (non-hydrogen) atoms. The van der Waals surface area contributed by atoms with Crippen LogP contribution in [0, 0.1) is 5.92 Å². The molecule has 0 aromatic heterocycles. The topological polar surface area (TPSA) is 68.2 Å². The number of carboxylic acid groups (broad SMARTS) is 1. The first kappa shape index (κ1) is 21.5. The standard InChI is InChI=1S/C22H26BrNO5/c1-27-18-13-20(29-3)19(28-2)12-17(18)21(15-5-4-6-16(23)11-15)24-9-7-14(8-10-24)22(25)26/h4-6,11-14,21H,7-10H2,1-3H3,(H,25,26). The molecule has 1 aliphatic heterocycles. The minimum absolute atomic E-state index is 0.1000. The lowest BCUT2D eigenvalue weighted by atomic mass is 9.90. The van der Waals surface area contributed by atoms with E-state index in [0.717, 1.165) is 15.6 Å². The smallest absolute Gasteiger partial charge is 0.306 e. The van der Waals surface area contributed by atoms with Crippen LogP contribution in [0.5, 0.6) is 17.2 Å². The zero-order valence-corrected chi connectivity index (χ0v) is 18.4. The Morgan fingerprint density at radius 2 is 1.66 bits per heavy atom. The van der Waals surface area contributed by atoms with E-state index < -0.39 is 5.97 Å². The van der Waals surface area contributed by atoms with E-state index >= 15 is 0 Å². The van der Waals surface area contributed by atoms with Crippen LogP contribution in [0.1, 0.15) is 30.0 Å². The third kappa shape index (κ3) is 4.67. The van der Waals surface area contributed by atoms with E-state index in [1.165, 1.54) is 0 Å². The average molecular weight is 464 g/mol. The number of nitrogens with zero attached hydrogens (tertiary/aromatic N) is 1. The quantitative estimate of drug-likeness (QED) is 0.657. The van der Waals surface area contributed by atoms with Crippen LogP contribution < -0.4 is 14.2 Å². The summed E-state index contributed by atoms with van der Waals surface area (Å²) in [7, 11) is 4.85. The SMILES string of the molecule is COc1cc(OC)c(C(c2cccc(Br)c2)N2CCC(C(=O)O)CC2)cc1OC. The minimum atomic E-state index is -0.715. The number of carboxylic acids is 1. The average Bonchev–Trinajstić information content (AvgIpc) is 2.74. The van der Waals surface area contributed by atoms with Gasteiger partial charge in [-0.1, -0.05) is 28.1 Å². The number of halogens is 1. The van der Waals surface area contributed by atoms with E-state index in [4.69, 9.17) is 14.2 Å². The molecule has 1 saturated heterocycles. The lowest BCUT2D eigenvalue weighted by molar-refractivity contribution is -0.143. The molecule has 0 saturated carbocycles. The molecule has 0 radical (unpaired) electrons. The van der Waals surface area contributed by atoms with Crippen molar-refractivity contribution < 1.29 is 24.1 Å². The number of likely N-dealkylation sites (tertiary alicyclic amines) is 1. The van der Waals surface area contributed by atoms with Gasteiger partial charge in [-0.05, 0) is 49.7 Å². The first-order valence-corrected chi connectivity index (χ1v) is 10.3. The maximum atomic E-state index is 11.4. The summed E-state index contributed by atoms with van der Waals surface area (Å²) in [5.41, 5.74) is 2.05. The van der Waals surface area contributed by atoms with Crippen molar-refractivity contribution in [3.05, 3.63) is 52.0 Å². The largest absolute Gasteiger partial charge is 0.496 e. The van der Waals surface area contributed by atoms with E-state index in [2.05, 4.69) is 33.0 Å². The molecule has 3 rings (SSSR count). The van der Waals surface area contributed by atoms with Gasteiger partial charge in [-0.2, -0.15) is 0 Å². The molecule has 0 amide bonds. The van der Waals surface area contributed by atoms with Gasteiger partial charge in [-0.25, -0.2) is 0 Å². The summed E-state index contributed by atoms with van der Waals surface area (Å²) >= 11 is 3.57. The summed E-state index contributed by atoms with van der Waals surface area (Å²) in [4.78, 5) is 13.7. The van der Waals surface area contributed by atoms with E-state index in [1.807, 2.05) is 24.3 Å². The van der Waals surface area contributed by atoms with Gasteiger partial charge in [0.1, 0.15) is 5.75 Å². The van der Waals surface area contributed by atoms with E-state index in [0.29, 0.717) is 43.2 Å². The van der Waals surface area contributed by atoms with Crippen molar-refractivity contribution in [2.24, 2.45) is 5.92 Å². The van der Waals surface area contributed by atoms with Gasteiger partial charge < -0.3 is 19.3 Å². The Hall–Kier alpha value is -2.25. The highest BCUT2D eigenvalue weighted by Crippen LogP contribution is 2.43. The zero-order chi connectivity index (χ0) is 21.0. The highest BCUT2D eigenvalue weighted by atomic mass is 79.9. The number of piperidine rings is 1. The normalized spacial score (nSPS) is 16.3. The Morgan fingerprint density at radius 1 is 1.03 bits per heavy atom. The highest BCUT2D eigenvalue weighted by Gasteiger charge is 2.32. The minimum Gasteiger partial charge on any atom is -0.496 e. The monoisotopic (exact) mass is 463 g/mol. The molecule has 156 valence electrons. The second-order valence-corrected chi connectivity index (χ2v) is 7.97. The number of carbonyl (C=O) groups is 1. The van der Waals surface area contributed by atoms with Crippen molar-refractivity contribution in [3.8, 4) is 17.2 Å². The highest BCUT2D eigenvalue weighted by molar-refractivity contribution is 9.10. The van der Waals surface area contributed by atoms with Crippen molar-refractivity contribution in [1.82, 2.24) is 4.90 Å². The van der Waals surface area contributed by atoms with Crippen molar-refractivity contribution in [3.63, 3.8) is 0 Å². The van der Waals surface area contributed by atoms with Gasteiger partial charge in [0.05, 0.1) is 33.3 Å². The van der Waals surface area contributed by atoms with Gasteiger partial charge in [0.2, 0.25) is 0 Å². The number of hydrogen-bond acceptors (Lipinski definition) is 5. The molecule has 0 aliphatic carbocycles. The van der Waals surface area contributed by atoms with E-state index in [9.17, 15) is 9.90 Å². The van der Waals surface area contributed by atoms with Crippen LogP contribution in [-0.4, -0.2) is 50.4 Å². The zero-order valence-electron chi connectivity index (χ0n) is 16.9. The van der Waals surface area contributed by atoms with Crippen molar-refractivity contribution in [1.29, 1.82) is 0 Å². The van der Waals surface area contributed by atoms with E-state index in [1.54, 1.807) is 21.3 Å². The molecule has 1 aliphatic rings. The molecular formula is C22H26BrNO5. The molecule has 7 heteroatoms. The van der Waals surface area contributed by atoms with Gasteiger partial charge in [0.15, 0.2) is 11.5 Å². The predicted molar refractivity (Wildman–Crippen MR) is 114 cm³/mol. The summed E-state index contributed by atoms with van der Waals surface area (Å²) in [5.74, 6) is 0.927. The van der Waals surface area contributed by atoms with Crippen LogP contribution in [0.2, 0.25) is 0 Å². The molecular weight excluding hydrogens is 438 g/mol. The number of aliphatic carboxylic acids is 1. The van der Waals surface area contributed by atoms with Crippen molar-refractivity contribution in [2.45, 2.75) is 18.9 Å². The summed E-state index contributed by atoms with van der Waals surface area (Å²) in [6, 6.07) is 11.8. The molecule has 2 aromatic rings. The van der Waals surface area contributed by atoms with Gasteiger partial charge in [0, 0.05) is 16.1 Å². The molecule has 6 nitrogen and oxygen atoms in total. The summed E-state index contributed by atoms with van der Waals surface area (Å²) < 4.78 is 17.7. The molecule has 1 unspecified atom stereocenters. The number of hydrogen-bond donors (Lipinski definition) is 1. The Balaban J connectivity index is 2.08. The van der Waals surface area contributed by atoms with Gasteiger partial charge >= 0.3 is 5.97 Å². The first-order chi connectivity index (χ1) is 14.0. The fraction of sp³-hybridized carbons (Fsp3) is 0.409. The molecule has 1 heterocycles. The van der Waals surface area contributed by atoms with Crippen LogP contribution in [0.4, 0.5) is 0 Å². The van der Waals surface area contributed by atoms with Crippen LogP contribution >= 0.6 is 15.9 Å². The molecule has 2 aromatic carbocycles. The Kier molecular flexibility index (Phi) is 7.03. The second kappa shape index (κ2) is 9.50. The lowest BCUT2D eigenvalue weighted by Crippen LogP contribution is -2.39. The number of benzene rings is 2. The number of rotatable bonds is 7. The third-order valence-electron chi connectivity index (χ3n) is 5.44. The summed E-state index contributed by atoms with van der Waals surface area (Å²) in [5, 5.41) is 9.37. The molecule has 1 N–H and O–H groups in total. The predicted octanol–water partition coefficient (Wildman–Crippen LogP) is 4.36. The Morgan fingerprint density at radius 3 is 2.21 bits per heavy atom. The third-order valence-corrected chi connectivity index (χ3v) is 5.93. The van der Waals surface area contributed by atoms with Crippen LogP contribution in [-0.2, 0) is 4.79 Å². The van der Waals surface area contributed by atoms with Crippen LogP contribution in [0.15, 0.2) is 40.9 Å². The Labute approximate surface area is 179 Å². The Bertz CT molecular complexity index is 864. The molecule has 1 fully saturated rings. The number of methoxy groups -OCH3 is 3. The molecule has 1 atom stereocenters. The second-order valence-electron chi connectivity index (χ2n) is 7.06.